The number of carboxylic acids is 1. The molecule has 23 heavy (non-hydrogen) atoms. The Labute approximate surface area is 142 Å². The minimum absolute atomic E-state index is 0.204. The zero-order valence-corrected chi connectivity index (χ0v) is 15.4. The van der Waals surface area contributed by atoms with Crippen molar-refractivity contribution in [3.8, 4) is 0 Å². The Balaban J connectivity index is 2.91. The number of carbonyl (C=O) groups is 2. The number of hydrogen-bond donors (Lipinski definition) is 2. The molecular weight excluding hydrogens is 314 g/mol. The molecule has 0 spiro atoms. The Morgan fingerprint density at radius 3 is 2.39 bits per heavy atom. The van der Waals surface area contributed by atoms with Crippen molar-refractivity contribution in [3.05, 3.63) is 16.0 Å². The number of thiophene rings is 1. The summed E-state index contributed by atoms with van der Waals surface area (Å²) in [6.07, 6.45) is 4.42. The SMILES string of the molecule is CCCCCCc1c(C)sc(NC(=O)OC(C)(C)C)c1C(=O)O. The standard InChI is InChI=1S/C17H27NO4S/c1-6-7-8-9-10-12-11(2)23-14(13(12)15(19)20)18-16(21)22-17(3,4)5/h6-10H2,1-5H3,(H,18,21)(H,19,20). The molecule has 0 saturated heterocycles. The molecule has 0 aliphatic rings. The fourth-order valence-corrected chi connectivity index (χ4v) is 3.40. The minimum atomic E-state index is -1.01. The summed E-state index contributed by atoms with van der Waals surface area (Å²) in [5.74, 6) is -1.01. The van der Waals surface area contributed by atoms with Crippen LogP contribution < -0.4 is 5.32 Å². The van der Waals surface area contributed by atoms with Gasteiger partial charge in [0.15, 0.2) is 0 Å². The summed E-state index contributed by atoms with van der Waals surface area (Å²) >= 11 is 1.29. The largest absolute Gasteiger partial charge is 0.478 e. The maximum absolute atomic E-state index is 11.9. The predicted octanol–water partition coefficient (Wildman–Crippen LogP) is 5.22. The van der Waals surface area contributed by atoms with Crippen LogP contribution in [0.1, 0.15) is 74.2 Å². The van der Waals surface area contributed by atoms with Crippen LogP contribution in [0, 0.1) is 6.92 Å². The van der Waals surface area contributed by atoms with Gasteiger partial charge in [-0.05, 0) is 46.1 Å². The lowest BCUT2D eigenvalue weighted by atomic mass is 10.0. The Morgan fingerprint density at radius 1 is 1.22 bits per heavy atom. The second kappa shape index (κ2) is 8.34. The van der Waals surface area contributed by atoms with E-state index in [4.69, 9.17) is 4.74 Å². The molecule has 0 atom stereocenters. The monoisotopic (exact) mass is 341 g/mol. The third kappa shape index (κ3) is 6.22. The predicted molar refractivity (Wildman–Crippen MR) is 93.7 cm³/mol. The number of aryl methyl sites for hydroxylation is 1. The van der Waals surface area contributed by atoms with E-state index in [0.29, 0.717) is 5.00 Å². The summed E-state index contributed by atoms with van der Waals surface area (Å²) in [6.45, 7) is 9.34. The van der Waals surface area contributed by atoms with Gasteiger partial charge < -0.3 is 9.84 Å². The number of aromatic carboxylic acids is 1. The van der Waals surface area contributed by atoms with Crippen LogP contribution in [0.15, 0.2) is 0 Å². The molecule has 0 unspecified atom stereocenters. The van der Waals surface area contributed by atoms with Gasteiger partial charge in [0.2, 0.25) is 0 Å². The Bertz CT molecular complexity index is 558. The van der Waals surface area contributed by atoms with Gasteiger partial charge in [-0.3, -0.25) is 5.32 Å². The molecule has 1 aromatic heterocycles. The maximum Gasteiger partial charge on any atom is 0.412 e. The van der Waals surface area contributed by atoms with Crippen LogP contribution in [0.5, 0.6) is 0 Å². The van der Waals surface area contributed by atoms with E-state index in [0.717, 1.165) is 42.5 Å². The van der Waals surface area contributed by atoms with Gasteiger partial charge in [-0.15, -0.1) is 11.3 Å². The molecule has 2 N–H and O–H groups in total. The molecule has 1 amide bonds. The summed E-state index contributed by atoms with van der Waals surface area (Å²) < 4.78 is 5.20. The first kappa shape index (κ1) is 19.5. The second-order valence-corrected chi connectivity index (χ2v) is 7.81. The van der Waals surface area contributed by atoms with E-state index >= 15 is 0 Å². The van der Waals surface area contributed by atoms with Crippen LogP contribution in [0.3, 0.4) is 0 Å². The summed E-state index contributed by atoms with van der Waals surface area (Å²) in [5, 5.41) is 12.5. The zero-order chi connectivity index (χ0) is 17.6. The third-order valence-electron chi connectivity index (χ3n) is 3.32. The topological polar surface area (TPSA) is 75.6 Å². The smallest absolute Gasteiger partial charge is 0.412 e. The molecule has 0 fully saturated rings. The number of unbranched alkanes of at least 4 members (excludes halogenated alkanes) is 3. The van der Waals surface area contributed by atoms with E-state index in [1.165, 1.54) is 11.3 Å². The van der Waals surface area contributed by atoms with Crippen molar-refractivity contribution in [2.24, 2.45) is 0 Å². The number of carbonyl (C=O) groups excluding carboxylic acids is 1. The molecular formula is C17H27NO4S. The highest BCUT2D eigenvalue weighted by molar-refractivity contribution is 7.16. The van der Waals surface area contributed by atoms with Crippen molar-refractivity contribution in [3.63, 3.8) is 0 Å². The number of anilines is 1. The Hall–Kier alpha value is -1.56. The molecule has 1 rings (SSSR count). The zero-order valence-electron chi connectivity index (χ0n) is 14.6. The Kier molecular flexibility index (Phi) is 7.06. The lowest BCUT2D eigenvalue weighted by molar-refractivity contribution is 0.0636. The Morgan fingerprint density at radius 2 is 1.87 bits per heavy atom. The van der Waals surface area contributed by atoms with Crippen molar-refractivity contribution in [2.45, 2.75) is 72.3 Å². The van der Waals surface area contributed by atoms with Gasteiger partial charge in [0, 0.05) is 4.88 Å². The van der Waals surface area contributed by atoms with Crippen LogP contribution in [-0.4, -0.2) is 22.8 Å². The molecule has 6 heteroatoms. The number of nitrogens with one attached hydrogen (secondary N) is 1. The van der Waals surface area contributed by atoms with E-state index in [2.05, 4.69) is 12.2 Å². The number of ether oxygens (including phenoxy) is 1. The number of hydrogen-bond acceptors (Lipinski definition) is 4. The lowest BCUT2D eigenvalue weighted by Crippen LogP contribution is -2.27. The maximum atomic E-state index is 11.9. The van der Waals surface area contributed by atoms with E-state index in [9.17, 15) is 14.7 Å². The average molecular weight is 341 g/mol. The van der Waals surface area contributed by atoms with Gasteiger partial charge in [-0.2, -0.15) is 0 Å². The highest BCUT2D eigenvalue weighted by atomic mass is 32.1. The molecule has 0 radical (unpaired) electrons. The molecule has 130 valence electrons. The van der Waals surface area contributed by atoms with Crippen molar-refractivity contribution in [2.75, 3.05) is 5.32 Å². The van der Waals surface area contributed by atoms with Gasteiger partial charge in [0.05, 0.1) is 5.56 Å². The van der Waals surface area contributed by atoms with Crippen LogP contribution in [0.4, 0.5) is 9.80 Å². The molecule has 0 saturated carbocycles. The van der Waals surface area contributed by atoms with Gasteiger partial charge >= 0.3 is 12.1 Å². The highest BCUT2D eigenvalue weighted by Gasteiger charge is 2.24. The summed E-state index contributed by atoms with van der Waals surface area (Å²) in [4.78, 5) is 24.5. The van der Waals surface area contributed by atoms with Crippen LogP contribution in [0.25, 0.3) is 0 Å². The van der Waals surface area contributed by atoms with Gasteiger partial charge in [-0.1, -0.05) is 26.2 Å². The fraction of sp³-hybridized carbons (Fsp3) is 0.647. The second-order valence-electron chi connectivity index (χ2n) is 6.58. The summed E-state index contributed by atoms with van der Waals surface area (Å²) in [6, 6.07) is 0. The number of rotatable bonds is 7. The number of carboxylic acid groups (broad SMARTS) is 1. The molecule has 0 aromatic carbocycles. The average Bonchev–Trinajstić information content (AvgIpc) is 2.68. The van der Waals surface area contributed by atoms with Crippen molar-refractivity contribution < 1.29 is 19.4 Å². The summed E-state index contributed by atoms with van der Waals surface area (Å²) in [7, 11) is 0. The van der Waals surface area contributed by atoms with Crippen molar-refractivity contribution in [1.29, 1.82) is 0 Å². The van der Waals surface area contributed by atoms with Gasteiger partial charge in [-0.25, -0.2) is 9.59 Å². The van der Waals surface area contributed by atoms with Gasteiger partial charge in [0.1, 0.15) is 10.6 Å². The third-order valence-corrected chi connectivity index (χ3v) is 4.38. The first-order valence-corrected chi connectivity index (χ1v) is 8.83. The lowest BCUT2D eigenvalue weighted by Gasteiger charge is -2.19. The minimum Gasteiger partial charge on any atom is -0.478 e. The molecule has 1 heterocycles. The molecule has 0 aliphatic carbocycles. The molecule has 5 nitrogen and oxygen atoms in total. The van der Waals surface area contributed by atoms with Crippen LogP contribution >= 0.6 is 11.3 Å². The summed E-state index contributed by atoms with van der Waals surface area (Å²) in [5.41, 5.74) is 0.405. The van der Waals surface area contributed by atoms with Crippen molar-refractivity contribution >= 4 is 28.4 Å². The van der Waals surface area contributed by atoms with E-state index in [1.54, 1.807) is 20.8 Å². The first-order valence-electron chi connectivity index (χ1n) is 8.01. The van der Waals surface area contributed by atoms with E-state index < -0.39 is 17.7 Å². The van der Waals surface area contributed by atoms with Crippen LogP contribution in [-0.2, 0) is 11.2 Å². The fourth-order valence-electron chi connectivity index (χ4n) is 2.32. The molecule has 0 bridgehead atoms. The first-order chi connectivity index (χ1) is 10.7. The molecule has 1 aromatic rings. The van der Waals surface area contributed by atoms with Crippen LogP contribution in [0.2, 0.25) is 0 Å². The van der Waals surface area contributed by atoms with Gasteiger partial charge in [0.25, 0.3) is 0 Å². The van der Waals surface area contributed by atoms with E-state index in [1.807, 2.05) is 6.92 Å². The van der Waals surface area contributed by atoms with Crippen molar-refractivity contribution in [1.82, 2.24) is 0 Å². The number of amides is 1. The quantitative estimate of drug-likeness (QED) is 0.666. The molecule has 0 aliphatic heterocycles. The van der Waals surface area contributed by atoms with E-state index in [-0.39, 0.29) is 5.56 Å². The normalized spacial score (nSPS) is 11.3. The highest BCUT2D eigenvalue weighted by Crippen LogP contribution is 2.34.